The summed E-state index contributed by atoms with van der Waals surface area (Å²) in [6, 6.07) is 13.7. The third-order valence-electron chi connectivity index (χ3n) is 3.27. The smallest absolute Gasteiger partial charge is 0.119 e. The molecule has 3 N–H and O–H groups in total. The zero-order chi connectivity index (χ0) is 14.5. The van der Waals surface area contributed by atoms with Crippen LogP contribution >= 0.6 is 11.6 Å². The lowest BCUT2D eigenvalue weighted by molar-refractivity contribution is 0.415. The van der Waals surface area contributed by atoms with Crippen molar-refractivity contribution in [1.29, 1.82) is 0 Å². The van der Waals surface area contributed by atoms with Gasteiger partial charge in [0.15, 0.2) is 0 Å². The first-order valence-corrected chi connectivity index (χ1v) is 6.88. The van der Waals surface area contributed by atoms with Crippen LogP contribution in [0.15, 0.2) is 42.5 Å². The molecule has 4 heteroatoms. The van der Waals surface area contributed by atoms with Crippen LogP contribution in [-0.4, -0.2) is 13.7 Å². The molecular formula is C16H19ClN2O. The van der Waals surface area contributed by atoms with Gasteiger partial charge in [0.2, 0.25) is 0 Å². The summed E-state index contributed by atoms with van der Waals surface area (Å²) in [5, 5.41) is 4.18. The van der Waals surface area contributed by atoms with E-state index in [2.05, 4.69) is 5.32 Å². The van der Waals surface area contributed by atoms with Crippen LogP contribution < -0.4 is 15.8 Å². The first-order chi connectivity index (χ1) is 9.63. The SMILES string of the molecule is COc1ccc(NC(CN)c2ccc(Cl)cc2C)cc1. The van der Waals surface area contributed by atoms with Gasteiger partial charge in [0.05, 0.1) is 13.2 Å². The molecular weight excluding hydrogens is 272 g/mol. The maximum Gasteiger partial charge on any atom is 0.119 e. The molecule has 1 atom stereocenters. The molecule has 0 aromatic heterocycles. The summed E-state index contributed by atoms with van der Waals surface area (Å²) in [5.74, 6) is 0.836. The van der Waals surface area contributed by atoms with Crippen LogP contribution in [0, 0.1) is 6.92 Å². The summed E-state index contributed by atoms with van der Waals surface area (Å²) in [7, 11) is 1.65. The molecule has 0 aliphatic carbocycles. The van der Waals surface area contributed by atoms with E-state index in [0.29, 0.717) is 6.54 Å². The molecule has 0 radical (unpaired) electrons. The van der Waals surface area contributed by atoms with Gasteiger partial charge >= 0.3 is 0 Å². The van der Waals surface area contributed by atoms with E-state index in [1.165, 1.54) is 0 Å². The molecule has 2 aromatic rings. The van der Waals surface area contributed by atoms with E-state index < -0.39 is 0 Å². The number of hydrogen-bond acceptors (Lipinski definition) is 3. The molecule has 1 unspecified atom stereocenters. The molecule has 0 aliphatic heterocycles. The van der Waals surface area contributed by atoms with Gasteiger partial charge in [0.1, 0.15) is 5.75 Å². The molecule has 0 aliphatic rings. The number of anilines is 1. The Labute approximate surface area is 124 Å². The molecule has 3 nitrogen and oxygen atoms in total. The zero-order valence-corrected chi connectivity index (χ0v) is 12.4. The number of ether oxygens (including phenoxy) is 1. The number of aryl methyl sites for hydroxylation is 1. The van der Waals surface area contributed by atoms with Gasteiger partial charge in [-0.25, -0.2) is 0 Å². The van der Waals surface area contributed by atoms with Crippen LogP contribution in [0.5, 0.6) is 5.75 Å². The fourth-order valence-electron chi connectivity index (χ4n) is 2.18. The van der Waals surface area contributed by atoms with E-state index in [-0.39, 0.29) is 6.04 Å². The highest BCUT2D eigenvalue weighted by Crippen LogP contribution is 2.25. The third-order valence-corrected chi connectivity index (χ3v) is 3.51. The minimum absolute atomic E-state index is 0.0562. The number of benzene rings is 2. The number of nitrogens with two attached hydrogens (primary N) is 1. The summed E-state index contributed by atoms with van der Waals surface area (Å²) >= 11 is 5.99. The topological polar surface area (TPSA) is 47.3 Å². The van der Waals surface area contributed by atoms with E-state index >= 15 is 0 Å². The molecule has 0 saturated carbocycles. The Bertz CT molecular complexity index is 569. The molecule has 2 rings (SSSR count). The Hall–Kier alpha value is -1.71. The maximum atomic E-state index is 5.99. The summed E-state index contributed by atoms with van der Waals surface area (Å²) < 4.78 is 5.15. The quantitative estimate of drug-likeness (QED) is 0.881. The molecule has 2 aromatic carbocycles. The van der Waals surface area contributed by atoms with Gasteiger partial charge in [-0.2, -0.15) is 0 Å². The Kier molecular flexibility index (Phi) is 4.88. The van der Waals surface area contributed by atoms with E-state index in [1.807, 2.05) is 49.4 Å². The average Bonchev–Trinajstić information content (AvgIpc) is 2.46. The van der Waals surface area contributed by atoms with E-state index in [0.717, 1.165) is 27.6 Å². The predicted octanol–water partition coefficient (Wildman–Crippen LogP) is 3.77. The number of rotatable bonds is 5. The molecule has 106 valence electrons. The predicted molar refractivity (Wildman–Crippen MR) is 84.6 cm³/mol. The Balaban J connectivity index is 2.19. The van der Waals surface area contributed by atoms with E-state index in [1.54, 1.807) is 7.11 Å². The number of hydrogen-bond donors (Lipinski definition) is 2. The lowest BCUT2D eigenvalue weighted by atomic mass is 10.0. The van der Waals surface area contributed by atoms with Crippen LogP contribution in [0.2, 0.25) is 5.02 Å². The van der Waals surface area contributed by atoms with Crippen molar-refractivity contribution in [3.8, 4) is 5.75 Å². The van der Waals surface area contributed by atoms with Crippen LogP contribution in [-0.2, 0) is 0 Å². The largest absolute Gasteiger partial charge is 0.497 e. The second-order valence-electron chi connectivity index (χ2n) is 4.66. The van der Waals surface area contributed by atoms with Crippen molar-refractivity contribution in [1.82, 2.24) is 0 Å². The van der Waals surface area contributed by atoms with Crippen LogP contribution in [0.1, 0.15) is 17.2 Å². The Morgan fingerprint density at radius 2 is 1.90 bits per heavy atom. The van der Waals surface area contributed by atoms with Crippen molar-refractivity contribution in [3.63, 3.8) is 0 Å². The van der Waals surface area contributed by atoms with Gasteiger partial charge in [-0.15, -0.1) is 0 Å². The fourth-order valence-corrected chi connectivity index (χ4v) is 2.41. The third kappa shape index (κ3) is 3.44. The molecule has 0 spiro atoms. The summed E-state index contributed by atoms with van der Waals surface area (Å²) in [6.07, 6.45) is 0. The summed E-state index contributed by atoms with van der Waals surface area (Å²) in [5.41, 5.74) is 9.20. The van der Waals surface area contributed by atoms with Gasteiger partial charge in [-0.05, 0) is 54.4 Å². The average molecular weight is 291 g/mol. The lowest BCUT2D eigenvalue weighted by Crippen LogP contribution is -2.21. The van der Waals surface area contributed by atoms with Gasteiger partial charge in [0.25, 0.3) is 0 Å². The number of nitrogens with one attached hydrogen (secondary N) is 1. The second kappa shape index (κ2) is 6.64. The van der Waals surface area contributed by atoms with E-state index in [4.69, 9.17) is 22.1 Å². The summed E-state index contributed by atoms with van der Waals surface area (Å²) in [4.78, 5) is 0. The van der Waals surface area contributed by atoms with Crippen LogP contribution in [0.3, 0.4) is 0 Å². The van der Waals surface area contributed by atoms with Gasteiger partial charge in [-0.3, -0.25) is 0 Å². The zero-order valence-electron chi connectivity index (χ0n) is 11.7. The molecule has 0 bridgehead atoms. The Morgan fingerprint density at radius 1 is 1.20 bits per heavy atom. The Morgan fingerprint density at radius 3 is 2.45 bits per heavy atom. The molecule has 0 fully saturated rings. The highest BCUT2D eigenvalue weighted by Gasteiger charge is 2.12. The minimum atomic E-state index is 0.0562. The van der Waals surface area contributed by atoms with Crippen molar-refractivity contribution in [2.75, 3.05) is 19.0 Å². The molecule has 0 heterocycles. The van der Waals surface area contributed by atoms with E-state index in [9.17, 15) is 0 Å². The molecule has 20 heavy (non-hydrogen) atoms. The molecule has 0 saturated heterocycles. The fraction of sp³-hybridized carbons (Fsp3) is 0.250. The highest BCUT2D eigenvalue weighted by atomic mass is 35.5. The van der Waals surface area contributed by atoms with Crippen molar-refractivity contribution in [2.45, 2.75) is 13.0 Å². The first-order valence-electron chi connectivity index (χ1n) is 6.50. The summed E-state index contributed by atoms with van der Waals surface area (Å²) in [6.45, 7) is 2.55. The van der Waals surface area contributed by atoms with Crippen molar-refractivity contribution in [2.24, 2.45) is 5.73 Å². The first kappa shape index (κ1) is 14.7. The molecule has 0 amide bonds. The van der Waals surface area contributed by atoms with Crippen LogP contribution in [0.25, 0.3) is 0 Å². The van der Waals surface area contributed by atoms with Crippen LogP contribution in [0.4, 0.5) is 5.69 Å². The monoisotopic (exact) mass is 290 g/mol. The normalized spacial score (nSPS) is 12.0. The van der Waals surface area contributed by atoms with Gasteiger partial charge in [-0.1, -0.05) is 17.7 Å². The standard InChI is InChI=1S/C16H19ClN2O/c1-11-9-12(17)3-8-15(11)16(10-18)19-13-4-6-14(20-2)7-5-13/h3-9,16,19H,10,18H2,1-2H3. The van der Waals surface area contributed by atoms with Crippen molar-refractivity contribution in [3.05, 3.63) is 58.6 Å². The lowest BCUT2D eigenvalue weighted by Gasteiger charge is -2.21. The minimum Gasteiger partial charge on any atom is -0.497 e. The number of methoxy groups -OCH3 is 1. The van der Waals surface area contributed by atoms with Gasteiger partial charge < -0.3 is 15.8 Å². The number of halogens is 1. The highest BCUT2D eigenvalue weighted by molar-refractivity contribution is 6.30. The van der Waals surface area contributed by atoms with Crippen molar-refractivity contribution < 1.29 is 4.74 Å². The van der Waals surface area contributed by atoms with Crippen molar-refractivity contribution >= 4 is 17.3 Å². The second-order valence-corrected chi connectivity index (χ2v) is 5.10. The maximum absolute atomic E-state index is 5.99. The van der Waals surface area contributed by atoms with Gasteiger partial charge in [0, 0.05) is 17.3 Å².